The van der Waals surface area contributed by atoms with Gasteiger partial charge < -0.3 is 4.74 Å². The van der Waals surface area contributed by atoms with E-state index in [1.807, 2.05) is 19.1 Å². The maximum Gasteiger partial charge on any atom is 0.204 e. The van der Waals surface area contributed by atoms with Gasteiger partial charge in [-0.05, 0) is 38.3 Å². The average molecular weight is 266 g/mol. The molecule has 2 rings (SSSR count). The van der Waals surface area contributed by atoms with Crippen LogP contribution in [0.2, 0.25) is 0 Å². The van der Waals surface area contributed by atoms with Gasteiger partial charge in [0.25, 0.3) is 0 Å². The van der Waals surface area contributed by atoms with Crippen molar-refractivity contribution in [3.8, 4) is 0 Å². The van der Waals surface area contributed by atoms with Gasteiger partial charge in [-0.1, -0.05) is 23.8 Å². The van der Waals surface area contributed by atoms with Gasteiger partial charge in [0.15, 0.2) is 0 Å². The molecule has 0 atom stereocenters. The predicted molar refractivity (Wildman–Crippen MR) is 71.1 cm³/mol. The number of aryl methyl sites for hydroxylation is 1. The lowest BCUT2D eigenvalue weighted by Crippen LogP contribution is -2.13. The van der Waals surface area contributed by atoms with Crippen molar-refractivity contribution in [2.24, 2.45) is 0 Å². The summed E-state index contributed by atoms with van der Waals surface area (Å²) >= 11 is 0. The fraction of sp³-hybridized carbons (Fsp3) is 0.429. The van der Waals surface area contributed by atoms with Crippen LogP contribution >= 0.6 is 0 Å². The first-order valence-corrected chi connectivity index (χ1v) is 7.67. The van der Waals surface area contributed by atoms with Crippen LogP contribution in [0, 0.1) is 6.92 Å². The molecule has 3 nitrogen and oxygen atoms in total. The Hall–Kier alpha value is -1.13. The first kappa shape index (κ1) is 13.3. The van der Waals surface area contributed by atoms with Crippen LogP contribution in [-0.4, -0.2) is 21.6 Å². The number of benzene rings is 1. The van der Waals surface area contributed by atoms with Crippen molar-refractivity contribution in [3.05, 3.63) is 40.8 Å². The lowest BCUT2D eigenvalue weighted by Gasteiger charge is -2.13. The number of rotatable bonds is 2. The molecular formula is C14H18O3S. The Kier molecular flexibility index (Phi) is 4.19. The summed E-state index contributed by atoms with van der Waals surface area (Å²) in [6.07, 6.45) is 4.58. The summed E-state index contributed by atoms with van der Waals surface area (Å²) < 4.78 is 30.2. The summed E-state index contributed by atoms with van der Waals surface area (Å²) in [6, 6.07) is 6.95. The molecule has 0 spiro atoms. The number of hydrogen-bond acceptors (Lipinski definition) is 3. The highest BCUT2D eigenvalue weighted by molar-refractivity contribution is 7.95. The number of ether oxygens (including phenoxy) is 1. The molecular weight excluding hydrogens is 248 g/mol. The summed E-state index contributed by atoms with van der Waals surface area (Å²) in [6.45, 7) is 2.77. The first-order chi connectivity index (χ1) is 8.60. The van der Waals surface area contributed by atoms with Gasteiger partial charge in [-0.3, -0.25) is 0 Å². The minimum absolute atomic E-state index is 0.191. The van der Waals surface area contributed by atoms with E-state index in [0.717, 1.165) is 24.8 Å². The normalized spacial score (nSPS) is 20.6. The Morgan fingerprint density at radius 3 is 2.56 bits per heavy atom. The number of allylic oxidation sites excluding steroid dienone is 1. The van der Waals surface area contributed by atoms with Crippen LogP contribution in [0.25, 0.3) is 0 Å². The van der Waals surface area contributed by atoms with Crippen LogP contribution in [-0.2, 0) is 14.6 Å². The molecule has 1 aromatic carbocycles. The van der Waals surface area contributed by atoms with Crippen LogP contribution in [0.1, 0.15) is 24.8 Å². The van der Waals surface area contributed by atoms with Gasteiger partial charge in [0, 0.05) is 6.61 Å². The van der Waals surface area contributed by atoms with Gasteiger partial charge in [0.2, 0.25) is 9.84 Å². The Bertz CT molecular complexity index is 527. The van der Waals surface area contributed by atoms with Crippen molar-refractivity contribution in [3.63, 3.8) is 0 Å². The highest BCUT2D eigenvalue weighted by atomic mass is 32.2. The molecule has 0 bridgehead atoms. The quantitative estimate of drug-likeness (QED) is 0.826. The van der Waals surface area contributed by atoms with Crippen molar-refractivity contribution in [2.45, 2.75) is 31.1 Å². The van der Waals surface area contributed by atoms with Gasteiger partial charge in [-0.2, -0.15) is 0 Å². The Balaban J connectivity index is 2.31. The topological polar surface area (TPSA) is 43.4 Å². The molecule has 1 aliphatic heterocycles. The lowest BCUT2D eigenvalue weighted by molar-refractivity contribution is 0.152. The third-order valence-corrected chi connectivity index (χ3v) is 4.90. The van der Waals surface area contributed by atoms with Crippen LogP contribution in [0.5, 0.6) is 0 Å². The molecule has 18 heavy (non-hydrogen) atoms. The minimum Gasteiger partial charge on any atom is -0.376 e. The van der Waals surface area contributed by atoms with E-state index in [-0.39, 0.29) is 6.61 Å². The maximum atomic E-state index is 12.4. The third-order valence-electron chi connectivity index (χ3n) is 3.04. The summed E-state index contributed by atoms with van der Waals surface area (Å²) in [4.78, 5) is 0.745. The highest BCUT2D eigenvalue weighted by Gasteiger charge is 2.21. The summed E-state index contributed by atoms with van der Waals surface area (Å²) in [5, 5.41) is 0. The van der Waals surface area contributed by atoms with Gasteiger partial charge in [0.1, 0.15) is 0 Å². The smallest absolute Gasteiger partial charge is 0.204 e. The molecule has 0 aromatic heterocycles. The molecule has 0 saturated heterocycles. The molecule has 0 saturated carbocycles. The molecule has 98 valence electrons. The van der Waals surface area contributed by atoms with Crippen LogP contribution < -0.4 is 0 Å². The first-order valence-electron chi connectivity index (χ1n) is 6.19. The Morgan fingerprint density at radius 2 is 1.83 bits per heavy atom. The standard InChI is InChI=1S/C14H18O3S/c1-12-6-8-13(9-7-12)18(15,16)14-5-3-2-4-10-17-11-14/h5-9H,2-4,10-11H2,1H3/b14-5+. The minimum atomic E-state index is -3.38. The van der Waals surface area contributed by atoms with E-state index in [1.165, 1.54) is 0 Å². The average Bonchev–Trinajstić information content (AvgIpc) is 2.28. The van der Waals surface area contributed by atoms with Crippen LogP contribution in [0.4, 0.5) is 0 Å². The molecule has 1 aliphatic rings. The SMILES string of the molecule is Cc1ccc(S(=O)(=O)/C2=C/CCCCOC2)cc1. The third kappa shape index (κ3) is 3.00. The van der Waals surface area contributed by atoms with E-state index in [4.69, 9.17) is 4.74 Å². The highest BCUT2D eigenvalue weighted by Crippen LogP contribution is 2.22. The maximum absolute atomic E-state index is 12.4. The molecule has 0 radical (unpaired) electrons. The fourth-order valence-corrected chi connectivity index (χ4v) is 3.27. The van der Waals surface area contributed by atoms with Crippen molar-refractivity contribution in [1.82, 2.24) is 0 Å². The molecule has 1 heterocycles. The summed E-state index contributed by atoms with van der Waals surface area (Å²) in [5.41, 5.74) is 1.05. The van der Waals surface area contributed by atoms with Crippen molar-refractivity contribution < 1.29 is 13.2 Å². The molecule has 0 N–H and O–H groups in total. The largest absolute Gasteiger partial charge is 0.376 e. The Morgan fingerprint density at radius 1 is 1.11 bits per heavy atom. The predicted octanol–water partition coefficient (Wildman–Crippen LogP) is 2.85. The second kappa shape index (κ2) is 5.67. The second-order valence-corrected chi connectivity index (χ2v) is 6.54. The van der Waals surface area contributed by atoms with Gasteiger partial charge in [-0.25, -0.2) is 8.42 Å². The zero-order valence-electron chi connectivity index (χ0n) is 10.6. The number of sulfone groups is 1. The molecule has 4 heteroatoms. The van der Waals surface area contributed by atoms with E-state index in [1.54, 1.807) is 18.2 Å². The van der Waals surface area contributed by atoms with E-state index >= 15 is 0 Å². The van der Waals surface area contributed by atoms with Crippen LogP contribution in [0.3, 0.4) is 0 Å². The van der Waals surface area contributed by atoms with Gasteiger partial charge in [0.05, 0.1) is 16.4 Å². The zero-order valence-corrected chi connectivity index (χ0v) is 11.4. The van der Waals surface area contributed by atoms with Gasteiger partial charge in [-0.15, -0.1) is 0 Å². The number of hydrogen-bond donors (Lipinski definition) is 0. The van der Waals surface area contributed by atoms with E-state index in [2.05, 4.69) is 0 Å². The van der Waals surface area contributed by atoms with Crippen molar-refractivity contribution in [2.75, 3.05) is 13.2 Å². The van der Waals surface area contributed by atoms with Gasteiger partial charge >= 0.3 is 0 Å². The van der Waals surface area contributed by atoms with E-state index < -0.39 is 9.84 Å². The van der Waals surface area contributed by atoms with Crippen LogP contribution in [0.15, 0.2) is 40.1 Å². The molecule has 0 amide bonds. The van der Waals surface area contributed by atoms with E-state index in [0.29, 0.717) is 16.4 Å². The summed E-state index contributed by atoms with van der Waals surface area (Å²) in [7, 11) is -3.38. The fourth-order valence-electron chi connectivity index (χ4n) is 1.90. The lowest BCUT2D eigenvalue weighted by atomic mass is 10.2. The molecule has 0 unspecified atom stereocenters. The van der Waals surface area contributed by atoms with Crippen molar-refractivity contribution in [1.29, 1.82) is 0 Å². The monoisotopic (exact) mass is 266 g/mol. The van der Waals surface area contributed by atoms with E-state index in [9.17, 15) is 8.42 Å². The van der Waals surface area contributed by atoms with Crippen molar-refractivity contribution >= 4 is 9.84 Å². The molecule has 1 aromatic rings. The zero-order chi connectivity index (χ0) is 13.0. The summed E-state index contributed by atoms with van der Waals surface area (Å²) in [5.74, 6) is 0. The second-order valence-electron chi connectivity index (χ2n) is 4.54. The Labute approximate surface area is 108 Å². The molecule has 0 fully saturated rings. The molecule has 0 aliphatic carbocycles.